The number of ether oxygens (including phenoxy) is 1. The van der Waals surface area contributed by atoms with E-state index in [-0.39, 0.29) is 29.6 Å². The fourth-order valence-corrected chi connectivity index (χ4v) is 6.10. The minimum atomic E-state index is -3.78. The summed E-state index contributed by atoms with van der Waals surface area (Å²) in [5.41, 5.74) is 4.14. The normalized spacial score (nSPS) is 23.2. The van der Waals surface area contributed by atoms with E-state index in [9.17, 15) is 13.5 Å². The molecule has 0 amide bonds. The average Bonchev–Trinajstić information content (AvgIpc) is 3.40. The molecule has 2 atom stereocenters. The second-order valence-corrected chi connectivity index (χ2v) is 10.6. The molecule has 1 aromatic heterocycles. The van der Waals surface area contributed by atoms with Crippen LogP contribution < -0.4 is 5.14 Å². The molecule has 2 aromatic carbocycles. The number of hydrogen-bond acceptors (Lipinski definition) is 5. The summed E-state index contributed by atoms with van der Waals surface area (Å²) in [6.45, 7) is 0.215. The van der Waals surface area contributed by atoms with Crippen LogP contribution >= 0.6 is 0 Å². The van der Waals surface area contributed by atoms with Crippen molar-refractivity contribution in [3.05, 3.63) is 72.2 Å². The summed E-state index contributed by atoms with van der Waals surface area (Å²) >= 11 is 0. The SMILES string of the molecule is NS(=O)(=O)c1ccccc1CO[C@H]1CC[C@H](C(O)CC2c3ccccc3-c3cncn32)CC1. The van der Waals surface area contributed by atoms with Gasteiger partial charge in [-0.3, -0.25) is 0 Å². The first-order valence-electron chi connectivity index (χ1n) is 11.4. The monoisotopic (exact) mass is 467 g/mol. The molecular weight excluding hydrogens is 438 g/mol. The van der Waals surface area contributed by atoms with Crippen molar-refractivity contribution in [3.8, 4) is 11.3 Å². The number of sulfonamides is 1. The van der Waals surface area contributed by atoms with Crippen molar-refractivity contribution in [3.63, 3.8) is 0 Å². The zero-order valence-electron chi connectivity index (χ0n) is 18.4. The summed E-state index contributed by atoms with van der Waals surface area (Å²) in [5, 5.41) is 16.4. The molecule has 2 aliphatic rings. The number of aromatic nitrogens is 2. The van der Waals surface area contributed by atoms with Crippen LogP contribution in [0.4, 0.5) is 0 Å². The number of nitrogens with two attached hydrogens (primary N) is 1. The van der Waals surface area contributed by atoms with Crippen LogP contribution in [0.2, 0.25) is 0 Å². The Balaban J connectivity index is 1.17. The zero-order valence-corrected chi connectivity index (χ0v) is 19.2. The van der Waals surface area contributed by atoms with Crippen molar-refractivity contribution in [2.24, 2.45) is 11.1 Å². The maximum Gasteiger partial charge on any atom is 0.238 e. The Labute approximate surface area is 194 Å². The van der Waals surface area contributed by atoms with Crippen LogP contribution in [0.15, 0.2) is 66.0 Å². The van der Waals surface area contributed by atoms with Gasteiger partial charge in [-0.05, 0) is 55.2 Å². The van der Waals surface area contributed by atoms with Crippen molar-refractivity contribution >= 4 is 10.0 Å². The van der Waals surface area contributed by atoms with Crippen LogP contribution in [0, 0.1) is 5.92 Å². The van der Waals surface area contributed by atoms with Crippen LogP contribution in [0.3, 0.4) is 0 Å². The molecule has 2 unspecified atom stereocenters. The van der Waals surface area contributed by atoms with Gasteiger partial charge in [0.25, 0.3) is 0 Å². The van der Waals surface area contributed by atoms with E-state index in [2.05, 4.69) is 27.8 Å². The number of hydrogen-bond donors (Lipinski definition) is 2. The van der Waals surface area contributed by atoms with Crippen molar-refractivity contribution in [2.45, 2.75) is 61.9 Å². The van der Waals surface area contributed by atoms with Gasteiger partial charge in [0.05, 0.1) is 48.0 Å². The molecule has 0 bridgehead atoms. The lowest BCUT2D eigenvalue weighted by Crippen LogP contribution is -2.30. The van der Waals surface area contributed by atoms with Crippen LogP contribution in [-0.2, 0) is 21.4 Å². The van der Waals surface area contributed by atoms with Gasteiger partial charge in [0, 0.05) is 5.56 Å². The Morgan fingerprint density at radius 2 is 1.82 bits per heavy atom. The smallest absolute Gasteiger partial charge is 0.238 e. The first-order valence-corrected chi connectivity index (χ1v) is 13.0. The quantitative estimate of drug-likeness (QED) is 0.552. The van der Waals surface area contributed by atoms with Gasteiger partial charge in [-0.15, -0.1) is 0 Å². The number of benzene rings is 2. The summed E-state index contributed by atoms with van der Waals surface area (Å²) in [6.07, 6.45) is 7.52. The average molecular weight is 468 g/mol. The molecule has 3 N–H and O–H groups in total. The topological polar surface area (TPSA) is 107 Å². The predicted molar refractivity (Wildman–Crippen MR) is 125 cm³/mol. The summed E-state index contributed by atoms with van der Waals surface area (Å²) < 4.78 is 31.8. The predicted octanol–water partition coefficient (Wildman–Crippen LogP) is 3.63. The number of rotatable bonds is 7. The number of primary sulfonamides is 1. The van der Waals surface area contributed by atoms with Gasteiger partial charge in [-0.2, -0.15) is 0 Å². The van der Waals surface area contributed by atoms with Crippen molar-refractivity contribution in [2.75, 3.05) is 0 Å². The van der Waals surface area contributed by atoms with Gasteiger partial charge < -0.3 is 14.4 Å². The molecule has 0 radical (unpaired) electrons. The third-order valence-electron chi connectivity index (χ3n) is 7.08. The van der Waals surface area contributed by atoms with Crippen molar-refractivity contribution < 1.29 is 18.3 Å². The maximum absolute atomic E-state index is 11.8. The second-order valence-electron chi connectivity index (χ2n) is 9.09. The van der Waals surface area contributed by atoms with E-state index in [1.165, 1.54) is 17.2 Å². The van der Waals surface area contributed by atoms with E-state index in [0.717, 1.165) is 31.4 Å². The third-order valence-corrected chi connectivity index (χ3v) is 8.09. The Bertz CT molecular complexity index is 1230. The highest BCUT2D eigenvalue weighted by Gasteiger charge is 2.33. The Morgan fingerprint density at radius 1 is 1.09 bits per heavy atom. The standard InChI is InChI=1S/C25H29N3O4S/c26-33(30,31)25-8-4-1-5-18(25)15-32-19-11-9-17(10-12-19)24(29)13-22-20-6-2-3-7-21(20)23-14-27-16-28(22)23/h1-8,14,16-17,19,22,24,29H,9-13,15H2,(H2,26,30,31)/t17-,19-,22?,24?. The third kappa shape index (κ3) is 4.48. The molecule has 3 aromatic rings. The molecule has 7 nitrogen and oxygen atoms in total. The van der Waals surface area contributed by atoms with Gasteiger partial charge in [0.2, 0.25) is 10.0 Å². The summed E-state index contributed by atoms with van der Waals surface area (Å²) in [6, 6.07) is 15.1. The second kappa shape index (κ2) is 9.02. The van der Waals surface area contributed by atoms with E-state index < -0.39 is 16.1 Å². The molecule has 2 heterocycles. The molecule has 1 aliphatic carbocycles. The highest BCUT2D eigenvalue weighted by atomic mass is 32.2. The molecule has 8 heteroatoms. The van der Waals surface area contributed by atoms with E-state index in [0.29, 0.717) is 12.0 Å². The van der Waals surface area contributed by atoms with Crippen LogP contribution in [-0.4, -0.2) is 35.3 Å². The number of nitrogens with zero attached hydrogens (tertiary/aromatic N) is 2. The lowest BCUT2D eigenvalue weighted by molar-refractivity contribution is -0.0166. The molecule has 1 aliphatic heterocycles. The number of aliphatic hydroxyl groups excluding tert-OH is 1. The first kappa shape index (κ1) is 22.3. The van der Waals surface area contributed by atoms with E-state index in [4.69, 9.17) is 9.88 Å². The van der Waals surface area contributed by atoms with E-state index >= 15 is 0 Å². The van der Waals surface area contributed by atoms with Gasteiger partial charge in [0.15, 0.2) is 0 Å². The van der Waals surface area contributed by atoms with Gasteiger partial charge >= 0.3 is 0 Å². The molecule has 1 fully saturated rings. The minimum Gasteiger partial charge on any atom is -0.393 e. The molecular formula is C25H29N3O4S. The molecule has 33 heavy (non-hydrogen) atoms. The van der Waals surface area contributed by atoms with Crippen molar-refractivity contribution in [1.82, 2.24) is 9.55 Å². The van der Waals surface area contributed by atoms with E-state index in [1.54, 1.807) is 18.2 Å². The van der Waals surface area contributed by atoms with E-state index in [1.807, 2.05) is 18.6 Å². The fraction of sp³-hybridized carbons (Fsp3) is 0.400. The summed E-state index contributed by atoms with van der Waals surface area (Å²) in [7, 11) is -3.78. The summed E-state index contributed by atoms with van der Waals surface area (Å²) in [4.78, 5) is 4.42. The Kier molecular flexibility index (Phi) is 6.09. The van der Waals surface area contributed by atoms with Gasteiger partial charge in [0.1, 0.15) is 0 Å². The largest absolute Gasteiger partial charge is 0.393 e. The highest BCUT2D eigenvalue weighted by molar-refractivity contribution is 7.89. The van der Waals surface area contributed by atoms with Crippen LogP contribution in [0.5, 0.6) is 0 Å². The lowest BCUT2D eigenvalue weighted by Gasteiger charge is -2.33. The summed E-state index contributed by atoms with van der Waals surface area (Å²) in [5.74, 6) is 0.223. The first-order chi connectivity index (χ1) is 15.9. The molecule has 0 saturated heterocycles. The van der Waals surface area contributed by atoms with Crippen molar-refractivity contribution in [1.29, 1.82) is 0 Å². The highest BCUT2D eigenvalue weighted by Crippen LogP contribution is 2.42. The molecule has 5 rings (SSSR count). The van der Waals surface area contributed by atoms with Gasteiger partial charge in [-0.1, -0.05) is 42.5 Å². The zero-order chi connectivity index (χ0) is 23.0. The molecule has 1 saturated carbocycles. The maximum atomic E-state index is 11.8. The number of aliphatic hydroxyl groups is 1. The molecule has 174 valence electrons. The number of imidazole rings is 1. The molecule has 0 spiro atoms. The van der Waals surface area contributed by atoms with Crippen LogP contribution in [0.1, 0.15) is 49.3 Å². The minimum absolute atomic E-state index is 0.0504. The fourth-order valence-electron chi connectivity index (χ4n) is 5.34. The van der Waals surface area contributed by atoms with Gasteiger partial charge in [-0.25, -0.2) is 18.5 Å². The lowest BCUT2D eigenvalue weighted by atomic mass is 9.81. The Hall–Kier alpha value is -2.52. The Morgan fingerprint density at radius 3 is 2.61 bits per heavy atom. The van der Waals surface area contributed by atoms with Crippen LogP contribution in [0.25, 0.3) is 11.3 Å². The number of fused-ring (bicyclic) bond motifs is 3.